The van der Waals surface area contributed by atoms with Crippen molar-refractivity contribution in [3.63, 3.8) is 0 Å². The first-order valence-electron chi connectivity index (χ1n) is 8.91. The van der Waals surface area contributed by atoms with Gasteiger partial charge < -0.3 is 4.74 Å². The maximum absolute atomic E-state index is 12.8. The zero-order chi connectivity index (χ0) is 20.6. The number of esters is 1. The molecule has 2 aromatic carbocycles. The van der Waals surface area contributed by atoms with Crippen molar-refractivity contribution >= 4 is 40.1 Å². The molecule has 1 aromatic heterocycles. The Labute approximate surface area is 181 Å². The van der Waals surface area contributed by atoms with Crippen molar-refractivity contribution in [1.29, 1.82) is 0 Å². The van der Waals surface area contributed by atoms with E-state index in [9.17, 15) is 9.00 Å². The highest BCUT2D eigenvalue weighted by Crippen LogP contribution is 2.23. The van der Waals surface area contributed by atoms with Crippen molar-refractivity contribution in [2.45, 2.75) is 22.6 Å². The van der Waals surface area contributed by atoms with Crippen LogP contribution in [0.15, 0.2) is 70.6 Å². The van der Waals surface area contributed by atoms with Gasteiger partial charge in [0.2, 0.25) is 0 Å². The summed E-state index contributed by atoms with van der Waals surface area (Å²) in [6, 6.07) is 18.2. The van der Waals surface area contributed by atoms with Crippen LogP contribution in [0.1, 0.15) is 12.6 Å². The van der Waals surface area contributed by atoms with Crippen LogP contribution in [0.2, 0.25) is 5.02 Å². The standard InChI is InChI=1S/C21H19ClN2O3S2/c1-2-27-20(25)13-28-19-12-17(14-29(26)18-10-8-16(22)9-11-18)23-21(24-19)15-6-4-3-5-7-15/h3-12H,2,13-14H2,1H3/t29-/m0/s1. The highest BCUT2D eigenvalue weighted by atomic mass is 35.5. The highest BCUT2D eigenvalue weighted by molar-refractivity contribution is 7.99. The lowest BCUT2D eigenvalue weighted by atomic mass is 10.2. The molecule has 0 saturated carbocycles. The van der Waals surface area contributed by atoms with Gasteiger partial charge in [0.05, 0.1) is 34.6 Å². The van der Waals surface area contributed by atoms with Crippen LogP contribution in [-0.4, -0.2) is 32.5 Å². The lowest BCUT2D eigenvalue weighted by Gasteiger charge is -2.09. The second kappa shape index (κ2) is 10.5. The van der Waals surface area contributed by atoms with E-state index in [0.29, 0.717) is 33.1 Å². The number of thioether (sulfide) groups is 1. The molecule has 8 heteroatoms. The summed E-state index contributed by atoms with van der Waals surface area (Å²) in [7, 11) is -1.28. The third-order valence-corrected chi connectivity index (χ3v) is 6.28. The lowest BCUT2D eigenvalue weighted by Crippen LogP contribution is -2.07. The van der Waals surface area contributed by atoms with E-state index in [-0.39, 0.29) is 17.5 Å². The Kier molecular flexibility index (Phi) is 7.80. The van der Waals surface area contributed by atoms with Crippen LogP contribution >= 0.6 is 23.4 Å². The van der Waals surface area contributed by atoms with Crippen molar-refractivity contribution in [3.8, 4) is 11.4 Å². The van der Waals surface area contributed by atoms with Gasteiger partial charge in [0.1, 0.15) is 5.03 Å². The van der Waals surface area contributed by atoms with Gasteiger partial charge in [0, 0.05) is 15.5 Å². The number of ether oxygens (including phenoxy) is 1. The third-order valence-electron chi connectivity index (χ3n) is 3.79. The fraction of sp³-hybridized carbons (Fsp3) is 0.190. The molecule has 3 aromatic rings. The summed E-state index contributed by atoms with van der Waals surface area (Å²) < 4.78 is 17.7. The zero-order valence-electron chi connectivity index (χ0n) is 15.7. The Morgan fingerprint density at radius 3 is 2.52 bits per heavy atom. The van der Waals surface area contributed by atoms with E-state index in [4.69, 9.17) is 16.3 Å². The monoisotopic (exact) mass is 446 g/mol. The Hall–Kier alpha value is -2.22. The molecule has 0 aliphatic heterocycles. The molecule has 0 radical (unpaired) electrons. The van der Waals surface area contributed by atoms with Gasteiger partial charge in [-0.05, 0) is 37.3 Å². The second-order valence-corrected chi connectivity index (χ2v) is 8.81. The van der Waals surface area contributed by atoms with E-state index < -0.39 is 10.8 Å². The largest absolute Gasteiger partial charge is 0.465 e. The first-order chi connectivity index (χ1) is 14.0. The van der Waals surface area contributed by atoms with Crippen LogP contribution in [0, 0.1) is 0 Å². The summed E-state index contributed by atoms with van der Waals surface area (Å²) in [5, 5.41) is 1.23. The summed E-state index contributed by atoms with van der Waals surface area (Å²) in [6.45, 7) is 2.11. The highest BCUT2D eigenvalue weighted by Gasteiger charge is 2.13. The molecule has 150 valence electrons. The van der Waals surface area contributed by atoms with Gasteiger partial charge >= 0.3 is 5.97 Å². The Morgan fingerprint density at radius 1 is 1.10 bits per heavy atom. The molecule has 1 atom stereocenters. The maximum atomic E-state index is 12.8. The van der Waals surface area contributed by atoms with Gasteiger partial charge in [-0.1, -0.05) is 53.7 Å². The number of carbonyl (C=O) groups is 1. The summed E-state index contributed by atoms with van der Waals surface area (Å²) in [5.41, 5.74) is 1.49. The molecule has 0 amide bonds. The van der Waals surface area contributed by atoms with Crippen molar-refractivity contribution in [2.75, 3.05) is 12.4 Å². The third kappa shape index (κ3) is 6.39. The van der Waals surface area contributed by atoms with Crippen molar-refractivity contribution < 1.29 is 13.7 Å². The van der Waals surface area contributed by atoms with Crippen LogP contribution in [0.3, 0.4) is 0 Å². The minimum absolute atomic E-state index is 0.152. The summed E-state index contributed by atoms with van der Waals surface area (Å²) >= 11 is 7.18. The van der Waals surface area contributed by atoms with E-state index in [1.54, 1.807) is 37.3 Å². The molecule has 3 rings (SSSR count). The molecule has 0 fully saturated rings. The Balaban J connectivity index is 1.86. The smallest absolute Gasteiger partial charge is 0.316 e. The van der Waals surface area contributed by atoms with E-state index >= 15 is 0 Å². The second-order valence-electron chi connectivity index (χ2n) is 5.92. The lowest BCUT2D eigenvalue weighted by molar-refractivity contribution is -0.139. The van der Waals surface area contributed by atoms with Gasteiger partial charge in [-0.15, -0.1) is 0 Å². The van der Waals surface area contributed by atoms with E-state index in [1.807, 2.05) is 30.3 Å². The first-order valence-corrected chi connectivity index (χ1v) is 11.6. The molecule has 0 saturated heterocycles. The molecule has 0 bridgehead atoms. The van der Waals surface area contributed by atoms with Gasteiger partial charge in [0.15, 0.2) is 5.82 Å². The molecule has 0 N–H and O–H groups in total. The molecular formula is C21H19ClN2O3S2. The average molecular weight is 447 g/mol. The van der Waals surface area contributed by atoms with Gasteiger partial charge in [-0.25, -0.2) is 9.97 Å². The molecule has 0 aliphatic rings. The quantitative estimate of drug-likeness (QED) is 0.282. The molecule has 1 heterocycles. The predicted octanol–water partition coefficient (Wildman–Crippen LogP) is 4.76. The topological polar surface area (TPSA) is 69.2 Å². The van der Waals surface area contributed by atoms with Crippen molar-refractivity contribution in [1.82, 2.24) is 9.97 Å². The van der Waals surface area contributed by atoms with Gasteiger partial charge in [-0.2, -0.15) is 0 Å². The number of nitrogens with zero attached hydrogens (tertiary/aromatic N) is 2. The SMILES string of the molecule is CCOC(=O)CSc1cc(C[S@](=O)c2ccc(Cl)cc2)nc(-c2ccccc2)n1. The van der Waals surface area contributed by atoms with E-state index in [0.717, 1.165) is 5.56 Å². The first kappa shape index (κ1) is 21.5. The van der Waals surface area contributed by atoms with Gasteiger partial charge in [0.25, 0.3) is 0 Å². The molecule has 0 aliphatic carbocycles. The number of carbonyl (C=O) groups excluding carboxylic acids is 1. The molecule has 0 spiro atoms. The number of benzene rings is 2. The van der Waals surface area contributed by atoms with Crippen LogP contribution in [0.25, 0.3) is 11.4 Å². The zero-order valence-corrected chi connectivity index (χ0v) is 18.1. The normalized spacial score (nSPS) is 11.8. The van der Waals surface area contributed by atoms with E-state index in [2.05, 4.69) is 9.97 Å². The Morgan fingerprint density at radius 2 is 1.83 bits per heavy atom. The fourth-order valence-corrected chi connectivity index (χ4v) is 4.34. The number of hydrogen-bond acceptors (Lipinski definition) is 6. The van der Waals surface area contributed by atoms with Crippen LogP contribution in [0.4, 0.5) is 0 Å². The number of hydrogen-bond donors (Lipinski definition) is 0. The van der Waals surface area contributed by atoms with E-state index in [1.165, 1.54) is 11.8 Å². The maximum Gasteiger partial charge on any atom is 0.316 e. The summed E-state index contributed by atoms with van der Waals surface area (Å²) in [4.78, 5) is 21.5. The number of aromatic nitrogens is 2. The molecule has 5 nitrogen and oxygen atoms in total. The molecule has 0 unspecified atom stereocenters. The fourth-order valence-electron chi connectivity index (χ4n) is 2.48. The minimum Gasteiger partial charge on any atom is -0.465 e. The predicted molar refractivity (Wildman–Crippen MR) is 116 cm³/mol. The van der Waals surface area contributed by atoms with Crippen LogP contribution in [-0.2, 0) is 26.1 Å². The van der Waals surface area contributed by atoms with Crippen molar-refractivity contribution in [2.24, 2.45) is 0 Å². The average Bonchev–Trinajstić information content (AvgIpc) is 2.73. The van der Waals surface area contributed by atoms with Crippen molar-refractivity contribution in [3.05, 3.63) is 71.4 Å². The van der Waals surface area contributed by atoms with Crippen LogP contribution < -0.4 is 0 Å². The Bertz CT molecular complexity index is 999. The van der Waals surface area contributed by atoms with Gasteiger partial charge in [-0.3, -0.25) is 9.00 Å². The summed E-state index contributed by atoms with van der Waals surface area (Å²) in [5.74, 6) is 0.613. The van der Waals surface area contributed by atoms with Crippen LogP contribution in [0.5, 0.6) is 0 Å². The summed E-state index contributed by atoms with van der Waals surface area (Å²) in [6.07, 6.45) is 0. The minimum atomic E-state index is -1.28. The number of rotatable bonds is 8. The molecule has 29 heavy (non-hydrogen) atoms. The number of halogens is 1. The molecular weight excluding hydrogens is 428 g/mol.